The van der Waals surface area contributed by atoms with Gasteiger partial charge < -0.3 is 30.4 Å². The predicted octanol–water partition coefficient (Wildman–Crippen LogP) is 1.43. The Bertz CT molecular complexity index is 1060. The molecule has 0 saturated carbocycles. The number of phenolic OH excluding ortho intramolecular Hbond substituents is 1. The molecule has 1 unspecified atom stereocenters. The summed E-state index contributed by atoms with van der Waals surface area (Å²) in [7, 11) is 1.68. The standard InChI is InChI=1S/C22H29N3O5S/c1-14(13-30-2)23-12-16-5-3-4-15(10-16)8-9-24-22(28,29)11-17-6-7-18(26)19-20(17)31-21(27)25-19/h3-7,10,14,23-24,26,28-29H,8-9,11-13H2,1-2H3,(H,25,27). The van der Waals surface area contributed by atoms with Crippen LogP contribution in [0.25, 0.3) is 10.2 Å². The summed E-state index contributed by atoms with van der Waals surface area (Å²) in [5.74, 6) is -2.19. The van der Waals surface area contributed by atoms with Crippen molar-refractivity contribution < 1.29 is 20.1 Å². The lowest BCUT2D eigenvalue weighted by molar-refractivity contribution is -0.183. The fraction of sp³-hybridized carbons (Fsp3) is 0.409. The molecule has 0 spiro atoms. The predicted molar refractivity (Wildman–Crippen MR) is 121 cm³/mol. The van der Waals surface area contributed by atoms with Crippen molar-refractivity contribution in [2.75, 3.05) is 20.3 Å². The van der Waals surface area contributed by atoms with Gasteiger partial charge in [-0.2, -0.15) is 0 Å². The first-order valence-corrected chi connectivity index (χ1v) is 10.9. The van der Waals surface area contributed by atoms with Crippen molar-refractivity contribution in [2.45, 2.75) is 38.3 Å². The number of hydrogen-bond donors (Lipinski definition) is 6. The van der Waals surface area contributed by atoms with Crippen LogP contribution in [0.15, 0.2) is 41.2 Å². The molecule has 6 N–H and O–H groups in total. The molecule has 3 aromatic rings. The second-order valence-corrected chi connectivity index (χ2v) is 8.67. The molecule has 0 aliphatic heterocycles. The largest absolute Gasteiger partial charge is 0.506 e. The number of nitrogens with one attached hydrogen (secondary N) is 3. The number of fused-ring (bicyclic) bond motifs is 1. The number of phenols is 1. The van der Waals surface area contributed by atoms with Crippen molar-refractivity contribution in [1.82, 2.24) is 15.6 Å². The second kappa shape index (κ2) is 10.4. The molecule has 1 atom stereocenters. The minimum Gasteiger partial charge on any atom is -0.506 e. The highest BCUT2D eigenvalue weighted by Gasteiger charge is 2.25. The topological polar surface area (TPSA) is 127 Å². The van der Waals surface area contributed by atoms with Gasteiger partial charge in [0.15, 0.2) is 0 Å². The molecule has 1 aromatic heterocycles. The van der Waals surface area contributed by atoms with Gasteiger partial charge in [-0.1, -0.05) is 41.7 Å². The highest BCUT2D eigenvalue weighted by atomic mass is 32.1. The number of ether oxygens (including phenoxy) is 1. The summed E-state index contributed by atoms with van der Waals surface area (Å²) in [6.45, 7) is 3.79. The Hall–Kier alpha value is -2.27. The monoisotopic (exact) mass is 447 g/mol. The van der Waals surface area contributed by atoms with E-state index in [4.69, 9.17) is 4.74 Å². The molecule has 0 aliphatic carbocycles. The van der Waals surface area contributed by atoms with Crippen molar-refractivity contribution in [1.29, 1.82) is 0 Å². The van der Waals surface area contributed by atoms with Gasteiger partial charge in [0.2, 0.25) is 5.91 Å². The molecule has 0 saturated heterocycles. The molecule has 0 bridgehead atoms. The zero-order chi connectivity index (χ0) is 22.4. The van der Waals surface area contributed by atoms with Crippen LogP contribution < -0.4 is 15.5 Å². The summed E-state index contributed by atoms with van der Waals surface area (Å²) >= 11 is 0.931. The number of hydrogen-bond acceptors (Lipinski definition) is 8. The molecule has 0 amide bonds. The van der Waals surface area contributed by atoms with Crippen LogP contribution in [-0.4, -0.2) is 52.5 Å². The molecular formula is C22H29N3O5S. The van der Waals surface area contributed by atoms with E-state index in [9.17, 15) is 20.1 Å². The summed E-state index contributed by atoms with van der Waals surface area (Å²) in [5.41, 5.74) is 3.10. The van der Waals surface area contributed by atoms with Crippen LogP contribution in [-0.2, 0) is 24.1 Å². The zero-order valence-electron chi connectivity index (χ0n) is 17.6. The molecule has 168 valence electrons. The Morgan fingerprint density at radius 1 is 1.23 bits per heavy atom. The Morgan fingerprint density at radius 2 is 2.00 bits per heavy atom. The Labute approximate surface area is 184 Å². The Kier molecular flexibility index (Phi) is 7.82. The molecule has 2 aromatic carbocycles. The van der Waals surface area contributed by atoms with Crippen LogP contribution in [0, 0.1) is 0 Å². The molecule has 3 rings (SSSR count). The van der Waals surface area contributed by atoms with Crippen LogP contribution in [0.1, 0.15) is 23.6 Å². The third kappa shape index (κ3) is 6.60. The molecule has 0 aliphatic rings. The maximum Gasteiger partial charge on any atom is 0.305 e. The van der Waals surface area contributed by atoms with Gasteiger partial charge in [0.1, 0.15) is 11.3 Å². The average molecular weight is 448 g/mol. The molecular weight excluding hydrogens is 418 g/mol. The number of benzene rings is 2. The lowest BCUT2D eigenvalue weighted by Gasteiger charge is -2.23. The van der Waals surface area contributed by atoms with Gasteiger partial charge in [0, 0.05) is 32.7 Å². The third-order valence-corrected chi connectivity index (χ3v) is 5.92. The summed E-state index contributed by atoms with van der Waals surface area (Å²) < 4.78 is 5.64. The molecule has 1 heterocycles. The molecule has 31 heavy (non-hydrogen) atoms. The SMILES string of the molecule is COCC(C)NCc1cccc(CCNC(O)(O)Cc2ccc(O)c3[nH]c(=O)sc23)c1. The highest BCUT2D eigenvalue weighted by molar-refractivity contribution is 7.16. The number of aromatic nitrogens is 1. The van der Waals surface area contributed by atoms with E-state index in [2.05, 4.69) is 28.6 Å². The molecule has 8 nitrogen and oxygen atoms in total. The van der Waals surface area contributed by atoms with E-state index in [0.29, 0.717) is 35.4 Å². The van der Waals surface area contributed by atoms with Crippen LogP contribution in [0.2, 0.25) is 0 Å². The van der Waals surface area contributed by atoms with E-state index >= 15 is 0 Å². The Balaban J connectivity index is 1.56. The maximum atomic E-state index is 11.6. The normalized spacial score (nSPS) is 13.0. The third-order valence-electron chi connectivity index (χ3n) is 4.96. The number of H-pyrrole nitrogens is 1. The van der Waals surface area contributed by atoms with E-state index < -0.39 is 5.91 Å². The number of thiazole rings is 1. The van der Waals surface area contributed by atoms with Crippen LogP contribution in [0.4, 0.5) is 0 Å². The van der Waals surface area contributed by atoms with E-state index in [1.165, 1.54) is 6.07 Å². The van der Waals surface area contributed by atoms with E-state index in [1.54, 1.807) is 13.2 Å². The smallest absolute Gasteiger partial charge is 0.305 e. The molecule has 0 radical (unpaired) electrons. The van der Waals surface area contributed by atoms with Crippen LogP contribution >= 0.6 is 11.3 Å². The van der Waals surface area contributed by atoms with E-state index in [1.807, 2.05) is 18.2 Å². The Morgan fingerprint density at radius 3 is 2.77 bits per heavy atom. The van der Waals surface area contributed by atoms with Gasteiger partial charge in [-0.15, -0.1) is 0 Å². The van der Waals surface area contributed by atoms with Crippen molar-refractivity contribution in [3.8, 4) is 5.75 Å². The lowest BCUT2D eigenvalue weighted by Crippen LogP contribution is -2.47. The van der Waals surface area contributed by atoms with Crippen molar-refractivity contribution in [2.24, 2.45) is 0 Å². The first-order chi connectivity index (χ1) is 14.8. The maximum absolute atomic E-state index is 11.6. The number of methoxy groups -OCH3 is 1. The van der Waals surface area contributed by atoms with Crippen molar-refractivity contribution in [3.05, 3.63) is 62.8 Å². The summed E-state index contributed by atoms with van der Waals surface area (Å²) in [5, 5.41) is 36.8. The summed E-state index contributed by atoms with van der Waals surface area (Å²) in [6, 6.07) is 11.4. The average Bonchev–Trinajstić information content (AvgIpc) is 3.12. The number of aliphatic hydroxyl groups is 2. The van der Waals surface area contributed by atoms with Crippen LogP contribution in [0.5, 0.6) is 5.75 Å². The molecule has 9 heteroatoms. The van der Waals surface area contributed by atoms with Crippen molar-refractivity contribution >= 4 is 21.6 Å². The number of rotatable bonds is 11. The van der Waals surface area contributed by atoms with Crippen LogP contribution in [0.3, 0.4) is 0 Å². The number of aromatic amines is 1. The van der Waals surface area contributed by atoms with Crippen molar-refractivity contribution in [3.63, 3.8) is 0 Å². The van der Waals surface area contributed by atoms with Gasteiger partial charge in [0.25, 0.3) is 0 Å². The minimum absolute atomic E-state index is 0.0440. The lowest BCUT2D eigenvalue weighted by atomic mass is 10.1. The van der Waals surface area contributed by atoms with Gasteiger partial charge in [0.05, 0.1) is 11.3 Å². The van der Waals surface area contributed by atoms with E-state index in [0.717, 1.165) is 29.0 Å². The van der Waals surface area contributed by atoms with Gasteiger partial charge in [-0.25, -0.2) is 0 Å². The summed E-state index contributed by atoms with van der Waals surface area (Å²) in [6.07, 6.45) is 0.492. The fourth-order valence-corrected chi connectivity index (χ4v) is 4.31. The summed E-state index contributed by atoms with van der Waals surface area (Å²) in [4.78, 5) is 13.9. The highest BCUT2D eigenvalue weighted by Crippen LogP contribution is 2.29. The first kappa shape index (κ1) is 23.4. The quantitative estimate of drug-likeness (QED) is 0.246. The zero-order valence-corrected chi connectivity index (χ0v) is 18.5. The fourth-order valence-electron chi connectivity index (χ4n) is 3.44. The van der Waals surface area contributed by atoms with Gasteiger partial charge in [-0.05, 0) is 36.1 Å². The van der Waals surface area contributed by atoms with Gasteiger partial charge in [-0.3, -0.25) is 10.1 Å². The first-order valence-electron chi connectivity index (χ1n) is 10.1. The second-order valence-electron chi connectivity index (χ2n) is 7.69. The van der Waals surface area contributed by atoms with E-state index in [-0.39, 0.29) is 23.1 Å². The minimum atomic E-state index is -2.15. The molecule has 0 fully saturated rings. The number of aromatic hydroxyl groups is 1. The van der Waals surface area contributed by atoms with Gasteiger partial charge >= 0.3 is 4.87 Å².